The summed E-state index contributed by atoms with van der Waals surface area (Å²) in [6.07, 6.45) is 1.68. The van der Waals surface area contributed by atoms with Crippen LogP contribution in [-0.2, 0) is 5.60 Å². The van der Waals surface area contributed by atoms with E-state index in [2.05, 4.69) is 4.98 Å². The summed E-state index contributed by atoms with van der Waals surface area (Å²) < 4.78 is 13.2. The number of rotatable bonds is 2. The number of aryl methyl sites for hydroxylation is 1. The van der Waals surface area contributed by atoms with Gasteiger partial charge in [-0.25, -0.2) is 4.39 Å². The number of aromatic amines is 1. The highest BCUT2D eigenvalue weighted by Crippen LogP contribution is 2.33. The highest BCUT2D eigenvalue weighted by molar-refractivity contribution is 6.00. The average molecular weight is 366 g/mol. The van der Waals surface area contributed by atoms with Crippen molar-refractivity contribution in [3.63, 3.8) is 0 Å². The van der Waals surface area contributed by atoms with Gasteiger partial charge in [0.2, 0.25) is 0 Å². The molecule has 1 aromatic heterocycles. The van der Waals surface area contributed by atoms with E-state index in [4.69, 9.17) is 0 Å². The Morgan fingerprint density at radius 2 is 1.85 bits per heavy atom. The molecule has 0 saturated carbocycles. The number of H-pyrrole nitrogens is 1. The van der Waals surface area contributed by atoms with Crippen LogP contribution in [-0.4, -0.2) is 34.0 Å². The molecule has 0 radical (unpaired) electrons. The van der Waals surface area contributed by atoms with Gasteiger partial charge < -0.3 is 15.0 Å². The number of fused-ring (bicyclic) bond motifs is 1. The number of amides is 1. The zero-order valence-corrected chi connectivity index (χ0v) is 15.3. The standard InChI is InChI=1S/C22H23FN2O2/c1-15-18-5-2-3-6-19(18)24-20(15)21(26)25-13-4-11-22(27,12-14-25)16-7-9-17(23)10-8-16/h2-3,5-10,24,27H,4,11-14H2,1H3/t22-/m0/s1. The molecule has 27 heavy (non-hydrogen) atoms. The summed E-state index contributed by atoms with van der Waals surface area (Å²) in [6, 6.07) is 13.9. The largest absolute Gasteiger partial charge is 0.385 e. The van der Waals surface area contributed by atoms with E-state index in [0.717, 1.165) is 16.5 Å². The second-order valence-corrected chi connectivity index (χ2v) is 7.35. The van der Waals surface area contributed by atoms with Crippen LogP contribution in [0.15, 0.2) is 48.5 Å². The van der Waals surface area contributed by atoms with Gasteiger partial charge in [0.25, 0.3) is 5.91 Å². The lowest BCUT2D eigenvalue weighted by molar-refractivity contribution is 0.0212. The van der Waals surface area contributed by atoms with Crippen LogP contribution in [0.1, 0.15) is 40.9 Å². The molecule has 3 aromatic rings. The summed E-state index contributed by atoms with van der Waals surface area (Å²) in [4.78, 5) is 18.1. The molecular weight excluding hydrogens is 343 g/mol. The number of para-hydroxylation sites is 1. The zero-order chi connectivity index (χ0) is 19.0. The van der Waals surface area contributed by atoms with E-state index in [1.807, 2.05) is 31.2 Å². The van der Waals surface area contributed by atoms with Gasteiger partial charge in [0.15, 0.2) is 0 Å². The number of aliphatic hydroxyl groups is 1. The second kappa shape index (κ2) is 6.82. The lowest BCUT2D eigenvalue weighted by Crippen LogP contribution is -2.34. The van der Waals surface area contributed by atoms with Crippen LogP contribution in [0, 0.1) is 12.7 Å². The summed E-state index contributed by atoms with van der Waals surface area (Å²) in [5, 5.41) is 12.1. The van der Waals surface area contributed by atoms with Crippen molar-refractivity contribution in [1.29, 1.82) is 0 Å². The highest BCUT2D eigenvalue weighted by atomic mass is 19.1. The summed E-state index contributed by atoms with van der Waals surface area (Å²) in [6.45, 7) is 3.01. The first-order chi connectivity index (χ1) is 13.0. The molecule has 1 saturated heterocycles. The maximum atomic E-state index is 13.2. The fourth-order valence-corrected chi connectivity index (χ4v) is 4.03. The fourth-order valence-electron chi connectivity index (χ4n) is 4.03. The number of carbonyl (C=O) groups is 1. The van der Waals surface area contributed by atoms with E-state index >= 15 is 0 Å². The predicted octanol–water partition coefficient (Wildman–Crippen LogP) is 4.13. The van der Waals surface area contributed by atoms with E-state index in [1.165, 1.54) is 12.1 Å². The second-order valence-electron chi connectivity index (χ2n) is 7.35. The molecule has 0 unspecified atom stereocenters. The van der Waals surface area contributed by atoms with Crippen LogP contribution in [0.4, 0.5) is 4.39 Å². The number of likely N-dealkylation sites (tertiary alicyclic amines) is 1. The molecule has 5 heteroatoms. The quantitative estimate of drug-likeness (QED) is 0.716. The topological polar surface area (TPSA) is 56.3 Å². The highest BCUT2D eigenvalue weighted by Gasteiger charge is 2.34. The third kappa shape index (κ3) is 3.23. The Morgan fingerprint density at radius 3 is 2.59 bits per heavy atom. The van der Waals surface area contributed by atoms with Crippen molar-refractivity contribution in [2.45, 2.75) is 31.8 Å². The minimum absolute atomic E-state index is 0.0351. The summed E-state index contributed by atoms with van der Waals surface area (Å²) in [5.74, 6) is -0.353. The smallest absolute Gasteiger partial charge is 0.270 e. The van der Waals surface area contributed by atoms with Crippen molar-refractivity contribution in [1.82, 2.24) is 9.88 Å². The Kier molecular flexibility index (Phi) is 4.48. The van der Waals surface area contributed by atoms with Gasteiger partial charge in [-0.05, 0) is 55.5 Å². The number of hydrogen-bond donors (Lipinski definition) is 2. The van der Waals surface area contributed by atoms with E-state index in [9.17, 15) is 14.3 Å². The lowest BCUT2D eigenvalue weighted by Gasteiger charge is -2.27. The average Bonchev–Trinajstić information content (AvgIpc) is 2.87. The zero-order valence-electron chi connectivity index (χ0n) is 15.3. The minimum Gasteiger partial charge on any atom is -0.385 e. The monoisotopic (exact) mass is 366 g/mol. The number of hydrogen-bond acceptors (Lipinski definition) is 2. The van der Waals surface area contributed by atoms with Crippen molar-refractivity contribution < 1.29 is 14.3 Å². The van der Waals surface area contributed by atoms with Crippen LogP contribution in [0.5, 0.6) is 0 Å². The molecule has 4 rings (SSSR count). The van der Waals surface area contributed by atoms with E-state index in [-0.39, 0.29) is 11.7 Å². The van der Waals surface area contributed by atoms with Gasteiger partial charge in [-0.1, -0.05) is 30.3 Å². The van der Waals surface area contributed by atoms with Gasteiger partial charge in [-0.15, -0.1) is 0 Å². The SMILES string of the molecule is Cc1c(C(=O)N2CCC[C@@](O)(c3ccc(F)cc3)CC2)[nH]c2ccccc12. The van der Waals surface area contributed by atoms with Crippen LogP contribution in [0.3, 0.4) is 0 Å². The van der Waals surface area contributed by atoms with Crippen molar-refractivity contribution >= 4 is 16.8 Å². The van der Waals surface area contributed by atoms with Gasteiger partial charge in [-0.2, -0.15) is 0 Å². The van der Waals surface area contributed by atoms with Gasteiger partial charge in [0.05, 0.1) is 5.60 Å². The van der Waals surface area contributed by atoms with Gasteiger partial charge in [-0.3, -0.25) is 4.79 Å². The molecule has 2 aromatic carbocycles. The molecular formula is C22H23FN2O2. The molecule has 1 amide bonds. The number of aromatic nitrogens is 1. The number of nitrogens with one attached hydrogen (secondary N) is 1. The lowest BCUT2D eigenvalue weighted by atomic mass is 9.87. The molecule has 2 heterocycles. The molecule has 4 nitrogen and oxygen atoms in total. The molecule has 1 aliphatic heterocycles. The Hall–Kier alpha value is -2.66. The normalized spacial score (nSPS) is 20.6. The Labute approximate surface area is 157 Å². The first-order valence-electron chi connectivity index (χ1n) is 9.33. The van der Waals surface area contributed by atoms with Gasteiger partial charge in [0.1, 0.15) is 11.5 Å². The molecule has 1 fully saturated rings. The van der Waals surface area contributed by atoms with Crippen molar-refractivity contribution in [2.75, 3.05) is 13.1 Å². The summed E-state index contributed by atoms with van der Waals surface area (Å²) >= 11 is 0. The molecule has 0 bridgehead atoms. The van der Waals surface area contributed by atoms with E-state index < -0.39 is 5.60 Å². The van der Waals surface area contributed by atoms with Crippen LogP contribution in [0.2, 0.25) is 0 Å². The number of nitrogens with zero attached hydrogens (tertiary/aromatic N) is 1. The third-order valence-corrected chi connectivity index (χ3v) is 5.66. The van der Waals surface area contributed by atoms with E-state index in [0.29, 0.717) is 43.6 Å². The van der Waals surface area contributed by atoms with Crippen LogP contribution < -0.4 is 0 Å². The molecule has 1 atom stereocenters. The maximum absolute atomic E-state index is 13.2. The van der Waals surface area contributed by atoms with Crippen molar-refractivity contribution in [3.05, 3.63) is 71.2 Å². The fraction of sp³-hybridized carbons (Fsp3) is 0.318. The van der Waals surface area contributed by atoms with Crippen LogP contribution in [0.25, 0.3) is 10.9 Å². The summed E-state index contributed by atoms with van der Waals surface area (Å²) in [7, 11) is 0. The molecule has 2 N–H and O–H groups in total. The van der Waals surface area contributed by atoms with Crippen molar-refractivity contribution in [3.8, 4) is 0 Å². The first kappa shape index (κ1) is 17.7. The van der Waals surface area contributed by atoms with Gasteiger partial charge >= 0.3 is 0 Å². The first-order valence-corrected chi connectivity index (χ1v) is 9.33. The Morgan fingerprint density at radius 1 is 1.11 bits per heavy atom. The third-order valence-electron chi connectivity index (χ3n) is 5.66. The molecule has 140 valence electrons. The van der Waals surface area contributed by atoms with Crippen molar-refractivity contribution in [2.24, 2.45) is 0 Å². The Bertz CT molecular complexity index is 980. The van der Waals surface area contributed by atoms with Crippen LogP contribution >= 0.6 is 0 Å². The molecule has 1 aliphatic rings. The summed E-state index contributed by atoms with van der Waals surface area (Å²) in [5.41, 5.74) is 2.20. The maximum Gasteiger partial charge on any atom is 0.270 e. The predicted molar refractivity (Wildman–Crippen MR) is 103 cm³/mol. The minimum atomic E-state index is -1.03. The number of benzene rings is 2. The van der Waals surface area contributed by atoms with Gasteiger partial charge in [0, 0.05) is 24.0 Å². The molecule has 0 aliphatic carbocycles. The molecule has 0 spiro atoms. The number of carbonyl (C=O) groups excluding carboxylic acids is 1. The van der Waals surface area contributed by atoms with E-state index in [1.54, 1.807) is 17.0 Å². The number of halogens is 1. The Balaban J connectivity index is 1.56.